The summed E-state index contributed by atoms with van der Waals surface area (Å²) in [5.74, 6) is 0. The molecule has 2 aromatic carbocycles. The van der Waals surface area contributed by atoms with Crippen molar-refractivity contribution < 1.29 is 8.42 Å². The first kappa shape index (κ1) is 15.7. The van der Waals surface area contributed by atoms with Crippen molar-refractivity contribution in [1.29, 1.82) is 0 Å². The number of fused-ring (bicyclic) bond motifs is 2. The summed E-state index contributed by atoms with van der Waals surface area (Å²) in [5.41, 5.74) is 3.43. The summed E-state index contributed by atoms with van der Waals surface area (Å²) in [6.07, 6.45) is 2.86. The molecule has 0 spiro atoms. The number of nitrogens with zero attached hydrogens (tertiary/aromatic N) is 3. The lowest BCUT2D eigenvalue weighted by Crippen LogP contribution is -2.33. The van der Waals surface area contributed by atoms with Gasteiger partial charge in [-0.05, 0) is 42.5 Å². The molecule has 0 amide bonds. The molecule has 2 heterocycles. The van der Waals surface area contributed by atoms with Gasteiger partial charge in [0.2, 0.25) is 10.0 Å². The SMILES string of the molecule is O=S(=O)(c1cccc2nsnc12)N1CCCCc2ccccc2C1. The Morgan fingerprint density at radius 1 is 0.958 bits per heavy atom. The van der Waals surface area contributed by atoms with Gasteiger partial charge in [0, 0.05) is 13.1 Å². The summed E-state index contributed by atoms with van der Waals surface area (Å²) in [5, 5.41) is 0. The fourth-order valence-corrected chi connectivity index (χ4v) is 5.37. The molecule has 124 valence electrons. The van der Waals surface area contributed by atoms with Gasteiger partial charge in [-0.2, -0.15) is 13.1 Å². The Bertz CT molecular complexity index is 982. The normalized spacial score (nSPS) is 16.5. The van der Waals surface area contributed by atoms with Crippen molar-refractivity contribution in [2.75, 3.05) is 6.54 Å². The molecule has 0 atom stereocenters. The number of hydrogen-bond acceptors (Lipinski definition) is 5. The van der Waals surface area contributed by atoms with E-state index in [1.54, 1.807) is 22.5 Å². The molecule has 0 unspecified atom stereocenters. The second-order valence-electron chi connectivity index (χ2n) is 5.95. The van der Waals surface area contributed by atoms with E-state index < -0.39 is 10.0 Å². The number of aromatic nitrogens is 2. The van der Waals surface area contributed by atoms with Crippen LogP contribution in [-0.2, 0) is 23.0 Å². The Kier molecular flexibility index (Phi) is 4.07. The van der Waals surface area contributed by atoms with Crippen molar-refractivity contribution in [1.82, 2.24) is 13.1 Å². The van der Waals surface area contributed by atoms with Gasteiger partial charge in [0.15, 0.2) is 0 Å². The van der Waals surface area contributed by atoms with Crippen molar-refractivity contribution in [3.8, 4) is 0 Å². The number of benzene rings is 2. The minimum absolute atomic E-state index is 0.256. The molecule has 24 heavy (non-hydrogen) atoms. The maximum Gasteiger partial charge on any atom is 0.245 e. The maximum atomic E-state index is 13.2. The van der Waals surface area contributed by atoms with Crippen LogP contribution < -0.4 is 0 Å². The van der Waals surface area contributed by atoms with Crippen LogP contribution in [0.5, 0.6) is 0 Å². The second kappa shape index (κ2) is 6.23. The maximum absolute atomic E-state index is 13.2. The zero-order valence-electron chi connectivity index (χ0n) is 13.1. The Morgan fingerprint density at radius 2 is 1.79 bits per heavy atom. The van der Waals surface area contributed by atoms with Gasteiger partial charge < -0.3 is 0 Å². The third-order valence-corrected chi connectivity index (χ3v) is 6.85. The number of hydrogen-bond donors (Lipinski definition) is 0. The average molecular weight is 359 g/mol. The van der Waals surface area contributed by atoms with Crippen LogP contribution in [0, 0.1) is 0 Å². The quantitative estimate of drug-likeness (QED) is 0.705. The Morgan fingerprint density at radius 3 is 2.67 bits per heavy atom. The van der Waals surface area contributed by atoms with Crippen LogP contribution in [-0.4, -0.2) is 28.0 Å². The van der Waals surface area contributed by atoms with Gasteiger partial charge in [0.25, 0.3) is 0 Å². The lowest BCUT2D eigenvalue weighted by atomic mass is 10.0. The summed E-state index contributed by atoms with van der Waals surface area (Å²) in [4.78, 5) is 0.256. The van der Waals surface area contributed by atoms with E-state index in [2.05, 4.69) is 14.8 Å². The fourth-order valence-electron chi connectivity index (χ4n) is 3.16. The zero-order valence-corrected chi connectivity index (χ0v) is 14.7. The number of aryl methyl sites for hydroxylation is 1. The third kappa shape index (κ3) is 2.72. The molecule has 5 nitrogen and oxygen atoms in total. The molecule has 1 aliphatic heterocycles. The monoisotopic (exact) mass is 359 g/mol. The topological polar surface area (TPSA) is 63.2 Å². The van der Waals surface area contributed by atoms with Gasteiger partial charge in [0.05, 0.1) is 11.7 Å². The van der Waals surface area contributed by atoms with Crippen LogP contribution in [0.3, 0.4) is 0 Å². The number of sulfonamides is 1. The van der Waals surface area contributed by atoms with E-state index in [1.165, 1.54) is 5.56 Å². The molecule has 4 rings (SSSR count). The van der Waals surface area contributed by atoms with Gasteiger partial charge >= 0.3 is 0 Å². The summed E-state index contributed by atoms with van der Waals surface area (Å²) in [7, 11) is -3.60. The van der Waals surface area contributed by atoms with Gasteiger partial charge in [-0.25, -0.2) is 8.42 Å². The lowest BCUT2D eigenvalue weighted by molar-refractivity contribution is 0.387. The van der Waals surface area contributed by atoms with Crippen LogP contribution >= 0.6 is 11.7 Å². The van der Waals surface area contributed by atoms with E-state index in [1.807, 2.05) is 18.2 Å². The molecule has 3 aromatic rings. The molecule has 1 aromatic heterocycles. The minimum atomic E-state index is -3.60. The minimum Gasteiger partial charge on any atom is -0.207 e. The van der Waals surface area contributed by atoms with Crippen molar-refractivity contribution in [3.63, 3.8) is 0 Å². The van der Waals surface area contributed by atoms with E-state index in [4.69, 9.17) is 0 Å². The first-order valence-corrected chi connectivity index (χ1v) is 10.1. The highest BCUT2D eigenvalue weighted by Gasteiger charge is 2.28. The molecule has 0 saturated heterocycles. The summed E-state index contributed by atoms with van der Waals surface area (Å²) >= 11 is 1.04. The van der Waals surface area contributed by atoms with Crippen LogP contribution in [0.1, 0.15) is 24.0 Å². The zero-order chi connectivity index (χ0) is 16.6. The molecule has 0 N–H and O–H groups in total. The summed E-state index contributed by atoms with van der Waals surface area (Å²) in [6, 6.07) is 13.3. The predicted molar refractivity (Wildman–Crippen MR) is 94.4 cm³/mol. The molecular formula is C17H17N3O2S2. The van der Waals surface area contributed by atoms with E-state index in [0.717, 1.165) is 36.6 Å². The Labute approximate surface area is 145 Å². The van der Waals surface area contributed by atoms with Crippen molar-refractivity contribution in [2.24, 2.45) is 0 Å². The first-order chi connectivity index (χ1) is 11.7. The van der Waals surface area contributed by atoms with Gasteiger partial charge in [-0.15, -0.1) is 0 Å². The van der Waals surface area contributed by atoms with Crippen molar-refractivity contribution in [3.05, 3.63) is 53.6 Å². The highest BCUT2D eigenvalue weighted by atomic mass is 32.2. The van der Waals surface area contributed by atoms with Gasteiger partial charge in [0.1, 0.15) is 15.9 Å². The first-order valence-electron chi connectivity index (χ1n) is 7.94. The average Bonchev–Trinajstić information content (AvgIpc) is 3.03. The predicted octanol–water partition coefficient (Wildman–Crippen LogP) is 3.22. The smallest absolute Gasteiger partial charge is 0.207 e. The van der Waals surface area contributed by atoms with Crippen LogP contribution in [0.2, 0.25) is 0 Å². The van der Waals surface area contributed by atoms with E-state index in [-0.39, 0.29) is 4.90 Å². The highest BCUT2D eigenvalue weighted by Crippen LogP contribution is 2.28. The van der Waals surface area contributed by atoms with E-state index in [9.17, 15) is 8.42 Å². The van der Waals surface area contributed by atoms with Crippen LogP contribution in [0.15, 0.2) is 47.4 Å². The molecule has 0 radical (unpaired) electrons. The molecule has 1 aliphatic rings. The molecule has 0 aliphatic carbocycles. The molecule has 0 fully saturated rings. The standard InChI is InChI=1S/C17H17N3O2S2/c21-24(22,16-10-5-9-15-17(16)19-23-18-15)20-11-4-3-7-13-6-1-2-8-14(13)12-20/h1-2,5-6,8-10H,3-4,7,11-12H2. The van der Waals surface area contributed by atoms with Crippen molar-refractivity contribution in [2.45, 2.75) is 30.7 Å². The van der Waals surface area contributed by atoms with Crippen molar-refractivity contribution >= 4 is 32.8 Å². The van der Waals surface area contributed by atoms with E-state index >= 15 is 0 Å². The largest absolute Gasteiger partial charge is 0.245 e. The second-order valence-corrected chi connectivity index (χ2v) is 8.39. The molecule has 0 saturated carbocycles. The fraction of sp³-hybridized carbons (Fsp3) is 0.294. The van der Waals surface area contributed by atoms with Crippen LogP contribution in [0.4, 0.5) is 0 Å². The Balaban J connectivity index is 1.78. The lowest BCUT2D eigenvalue weighted by Gasteiger charge is -2.25. The summed E-state index contributed by atoms with van der Waals surface area (Å²) in [6.45, 7) is 0.942. The molecular weight excluding hydrogens is 342 g/mol. The molecule has 0 bridgehead atoms. The summed E-state index contributed by atoms with van der Waals surface area (Å²) < 4.78 is 36.4. The third-order valence-electron chi connectivity index (χ3n) is 4.44. The number of rotatable bonds is 2. The molecule has 7 heteroatoms. The highest BCUT2D eigenvalue weighted by molar-refractivity contribution is 7.89. The van der Waals surface area contributed by atoms with Crippen LogP contribution in [0.25, 0.3) is 11.0 Å². The Hall–Kier alpha value is -1.83. The van der Waals surface area contributed by atoms with E-state index in [0.29, 0.717) is 24.1 Å². The van der Waals surface area contributed by atoms with Gasteiger partial charge in [-0.1, -0.05) is 30.3 Å². The van der Waals surface area contributed by atoms with Gasteiger partial charge in [-0.3, -0.25) is 0 Å².